The topological polar surface area (TPSA) is 71.1 Å². The van der Waals surface area contributed by atoms with Crippen molar-refractivity contribution in [2.45, 2.75) is 32.7 Å². The molecule has 8 heteroatoms. The molecule has 0 amide bonds. The van der Waals surface area contributed by atoms with Gasteiger partial charge < -0.3 is 18.5 Å². The number of alkyl halides is 1. The van der Waals surface area contributed by atoms with E-state index >= 15 is 0 Å². The summed E-state index contributed by atoms with van der Waals surface area (Å²) in [5.74, 6) is -2.20. The number of rotatable bonds is 11. The van der Waals surface area contributed by atoms with E-state index in [2.05, 4.69) is 15.9 Å². The van der Waals surface area contributed by atoms with Crippen LogP contribution in [0.3, 0.4) is 0 Å². The lowest BCUT2D eigenvalue weighted by atomic mass is 10.1. The number of halogens is 1. The highest BCUT2D eigenvalue weighted by molar-refractivity contribution is 9.09. The Morgan fingerprint density at radius 2 is 1.67 bits per heavy atom. The largest absolute Gasteiger partial charge is 0.464 e. The molecule has 0 saturated carbocycles. The van der Waals surface area contributed by atoms with Gasteiger partial charge in [-0.1, -0.05) is 46.3 Å². The molecule has 1 rings (SSSR count). The van der Waals surface area contributed by atoms with E-state index < -0.39 is 25.5 Å². The smallest absolute Gasteiger partial charge is 0.370 e. The van der Waals surface area contributed by atoms with Gasteiger partial charge in [0.25, 0.3) is 5.85 Å². The third-order valence-corrected chi connectivity index (χ3v) is 5.73. The van der Waals surface area contributed by atoms with Gasteiger partial charge in [0, 0.05) is 5.33 Å². The Kier molecular flexibility index (Phi) is 9.78. The van der Waals surface area contributed by atoms with Gasteiger partial charge >= 0.3 is 13.6 Å². The fourth-order valence-corrected chi connectivity index (χ4v) is 4.25. The molecule has 1 aromatic rings. The maximum absolute atomic E-state index is 13.0. The van der Waals surface area contributed by atoms with E-state index in [9.17, 15) is 9.36 Å². The van der Waals surface area contributed by atoms with E-state index in [1.54, 1.807) is 20.8 Å². The van der Waals surface area contributed by atoms with Crippen LogP contribution in [-0.2, 0) is 27.9 Å². The van der Waals surface area contributed by atoms with Gasteiger partial charge in [0.1, 0.15) is 0 Å². The standard InChI is InChI=1S/C16H24BrO6P/c1-4-20-15(18)16(24(19,21-5-2)22-6-3)23-14(12-17)13-10-8-7-9-11-13/h7-11,14,16H,4-6,12H2,1-3H3. The zero-order valence-corrected chi connectivity index (χ0v) is 16.6. The lowest BCUT2D eigenvalue weighted by Gasteiger charge is -2.28. The second-order valence-electron chi connectivity index (χ2n) is 4.67. The SMILES string of the molecule is CCOC(=O)C(OC(CBr)c1ccccc1)P(=O)(OCC)OCC. The summed E-state index contributed by atoms with van der Waals surface area (Å²) in [6, 6.07) is 9.32. The van der Waals surface area contributed by atoms with Gasteiger partial charge in [-0.15, -0.1) is 0 Å². The van der Waals surface area contributed by atoms with E-state index in [-0.39, 0.29) is 19.8 Å². The maximum atomic E-state index is 13.0. The molecule has 0 bridgehead atoms. The van der Waals surface area contributed by atoms with Crippen molar-refractivity contribution in [2.24, 2.45) is 0 Å². The van der Waals surface area contributed by atoms with Crippen molar-refractivity contribution >= 4 is 29.5 Å². The van der Waals surface area contributed by atoms with Gasteiger partial charge in [0.05, 0.1) is 25.9 Å². The van der Waals surface area contributed by atoms with Gasteiger partial charge in [-0.25, -0.2) is 4.79 Å². The van der Waals surface area contributed by atoms with Crippen molar-refractivity contribution < 1.29 is 27.9 Å². The molecule has 0 heterocycles. The quantitative estimate of drug-likeness (QED) is 0.300. The molecule has 0 N–H and O–H groups in total. The van der Waals surface area contributed by atoms with Crippen LogP contribution in [0.1, 0.15) is 32.4 Å². The van der Waals surface area contributed by atoms with Crippen molar-refractivity contribution in [3.8, 4) is 0 Å². The summed E-state index contributed by atoms with van der Waals surface area (Å²) >= 11 is 3.37. The summed E-state index contributed by atoms with van der Waals surface area (Å²) in [7, 11) is -3.82. The lowest BCUT2D eigenvalue weighted by Crippen LogP contribution is -2.30. The maximum Gasteiger partial charge on any atom is 0.370 e. The molecular formula is C16H24BrO6P. The summed E-state index contributed by atoms with van der Waals surface area (Å²) < 4.78 is 34.4. The zero-order chi connectivity index (χ0) is 18.0. The van der Waals surface area contributed by atoms with E-state index in [1.165, 1.54) is 0 Å². The third-order valence-electron chi connectivity index (χ3n) is 3.00. The number of hydrogen-bond donors (Lipinski definition) is 0. The van der Waals surface area contributed by atoms with Crippen molar-refractivity contribution in [3.05, 3.63) is 35.9 Å². The van der Waals surface area contributed by atoms with Crippen LogP contribution in [0.15, 0.2) is 30.3 Å². The highest BCUT2D eigenvalue weighted by Gasteiger charge is 2.45. The minimum Gasteiger partial charge on any atom is -0.464 e. The average Bonchev–Trinajstić information content (AvgIpc) is 2.57. The van der Waals surface area contributed by atoms with Crippen LogP contribution < -0.4 is 0 Å². The minimum atomic E-state index is -3.82. The first-order valence-electron chi connectivity index (χ1n) is 7.84. The van der Waals surface area contributed by atoms with E-state index in [1.807, 2.05) is 30.3 Å². The van der Waals surface area contributed by atoms with Crippen LogP contribution in [0.25, 0.3) is 0 Å². The van der Waals surface area contributed by atoms with Gasteiger partial charge in [-0.3, -0.25) is 4.57 Å². The Bertz CT molecular complexity index is 529. The first-order chi connectivity index (χ1) is 11.5. The molecule has 0 radical (unpaired) electrons. The van der Waals surface area contributed by atoms with E-state index in [4.69, 9.17) is 18.5 Å². The molecule has 24 heavy (non-hydrogen) atoms. The Labute approximate surface area is 151 Å². The molecule has 0 aliphatic rings. The van der Waals surface area contributed by atoms with Crippen LogP contribution in [-0.4, -0.2) is 37.0 Å². The summed E-state index contributed by atoms with van der Waals surface area (Å²) in [6.07, 6.45) is -0.505. The highest BCUT2D eigenvalue weighted by Crippen LogP contribution is 2.55. The van der Waals surface area contributed by atoms with Crippen molar-refractivity contribution in [3.63, 3.8) is 0 Å². The molecule has 0 fully saturated rings. The Hall–Kier alpha value is -0.720. The van der Waals surface area contributed by atoms with Crippen LogP contribution >= 0.6 is 23.5 Å². The van der Waals surface area contributed by atoms with Crippen LogP contribution in [0.4, 0.5) is 0 Å². The molecule has 0 spiro atoms. The zero-order valence-electron chi connectivity index (χ0n) is 14.1. The van der Waals surface area contributed by atoms with E-state index in [0.29, 0.717) is 5.33 Å². The number of carbonyl (C=O) groups is 1. The predicted molar refractivity (Wildman–Crippen MR) is 95.3 cm³/mol. The number of carbonyl (C=O) groups excluding carboxylic acids is 1. The monoisotopic (exact) mass is 422 g/mol. The summed E-state index contributed by atoms with van der Waals surface area (Å²) in [5, 5.41) is 0.408. The number of hydrogen-bond acceptors (Lipinski definition) is 6. The molecule has 136 valence electrons. The van der Waals surface area contributed by atoms with Gasteiger partial charge in [-0.05, 0) is 26.3 Å². The molecule has 0 aliphatic heterocycles. The van der Waals surface area contributed by atoms with Gasteiger partial charge in [0.15, 0.2) is 0 Å². The minimum absolute atomic E-state index is 0.126. The molecule has 2 unspecified atom stereocenters. The molecule has 1 aromatic carbocycles. The fourth-order valence-electron chi connectivity index (χ4n) is 2.03. The van der Waals surface area contributed by atoms with Gasteiger partial charge in [0.2, 0.25) is 0 Å². The normalized spacial score (nSPS) is 14.2. The molecule has 0 saturated heterocycles. The number of esters is 1. The van der Waals surface area contributed by atoms with Crippen molar-refractivity contribution in [1.82, 2.24) is 0 Å². The number of ether oxygens (including phenoxy) is 2. The second-order valence-corrected chi connectivity index (χ2v) is 7.38. The average molecular weight is 423 g/mol. The Morgan fingerprint density at radius 3 is 2.12 bits per heavy atom. The molecule has 0 aromatic heterocycles. The molecule has 0 aliphatic carbocycles. The molecule has 2 atom stereocenters. The fraction of sp³-hybridized carbons (Fsp3) is 0.562. The summed E-state index contributed by atoms with van der Waals surface area (Å²) in [6.45, 7) is 5.41. The predicted octanol–water partition coefficient (Wildman–Crippen LogP) is 4.29. The van der Waals surface area contributed by atoms with Crippen molar-refractivity contribution in [1.29, 1.82) is 0 Å². The Balaban J connectivity index is 3.12. The van der Waals surface area contributed by atoms with Crippen LogP contribution in [0.2, 0.25) is 0 Å². The summed E-state index contributed by atoms with van der Waals surface area (Å²) in [5.41, 5.74) is 0.836. The first kappa shape index (κ1) is 21.3. The molecular weight excluding hydrogens is 399 g/mol. The Morgan fingerprint density at radius 1 is 1.08 bits per heavy atom. The number of benzene rings is 1. The van der Waals surface area contributed by atoms with Crippen molar-refractivity contribution in [2.75, 3.05) is 25.2 Å². The van der Waals surface area contributed by atoms with E-state index in [0.717, 1.165) is 5.56 Å². The molecule has 6 nitrogen and oxygen atoms in total. The van der Waals surface area contributed by atoms with Crippen LogP contribution in [0, 0.1) is 0 Å². The van der Waals surface area contributed by atoms with Gasteiger partial charge in [-0.2, -0.15) is 0 Å². The highest BCUT2D eigenvalue weighted by atomic mass is 79.9. The summed E-state index contributed by atoms with van der Waals surface area (Å²) in [4.78, 5) is 12.3. The van der Waals surface area contributed by atoms with Crippen LogP contribution in [0.5, 0.6) is 0 Å². The third kappa shape index (κ3) is 5.97. The second kappa shape index (κ2) is 11.0. The lowest BCUT2D eigenvalue weighted by molar-refractivity contribution is -0.155. The first-order valence-corrected chi connectivity index (χ1v) is 10.6.